The lowest BCUT2D eigenvalue weighted by atomic mass is 10.1. The number of aliphatic hydroxyl groups is 1. The number of hydrogen-bond donors (Lipinski definition) is 3. The number of nitrogens with one attached hydrogen (secondary N) is 2. The number of benzene rings is 1. The fourth-order valence-corrected chi connectivity index (χ4v) is 2.00. The minimum absolute atomic E-state index is 0.0664. The van der Waals surface area contributed by atoms with Crippen molar-refractivity contribution in [3.63, 3.8) is 0 Å². The molecule has 2 rings (SSSR count). The SMILES string of the molecule is CC(C)(C)OC(=O)NCc1ccc(F)c(CNc2cc(=O)c2=O)c1.CCO. The molecular weight excluding hydrogens is 355 g/mol. The molecule has 2 aromatic rings. The Morgan fingerprint density at radius 3 is 2.33 bits per heavy atom. The van der Waals surface area contributed by atoms with Gasteiger partial charge in [-0.05, 0) is 45.4 Å². The summed E-state index contributed by atoms with van der Waals surface area (Å²) in [5.74, 6) is -0.442. The summed E-state index contributed by atoms with van der Waals surface area (Å²) in [4.78, 5) is 33.6. The van der Waals surface area contributed by atoms with Gasteiger partial charge in [-0.25, -0.2) is 9.18 Å². The monoisotopic (exact) mass is 380 g/mol. The zero-order chi connectivity index (χ0) is 20.6. The number of hydrogen-bond acceptors (Lipinski definition) is 6. The molecular formula is C19H25FN2O5. The minimum atomic E-state index is -0.599. The first-order chi connectivity index (χ1) is 12.6. The fraction of sp³-hybridized carbons (Fsp3) is 0.421. The maximum Gasteiger partial charge on any atom is 0.407 e. The standard InChI is InChI=1S/C17H19FN2O4.C2H6O/c1-17(2,3)24-16(23)20-8-10-4-5-12(18)11(6-10)9-19-13-7-14(21)15(13)22;1-2-3/h4-7,19H,8-9H2,1-3H3,(H,20,23);3H,2H2,1H3. The molecule has 0 aliphatic rings. The molecule has 0 fully saturated rings. The number of alkyl carbamates (subject to hydrolysis) is 1. The number of carbonyl (C=O) groups is 1. The molecule has 0 saturated carbocycles. The maximum absolute atomic E-state index is 13.8. The van der Waals surface area contributed by atoms with Gasteiger partial charge >= 0.3 is 6.09 Å². The number of rotatable bonds is 5. The molecule has 148 valence electrons. The number of amides is 1. The first-order valence-electron chi connectivity index (χ1n) is 8.46. The van der Waals surface area contributed by atoms with Crippen molar-refractivity contribution in [3.8, 4) is 0 Å². The Labute approximate surface area is 156 Å². The highest BCUT2D eigenvalue weighted by Crippen LogP contribution is 2.13. The molecule has 0 atom stereocenters. The Bertz CT molecular complexity index is 835. The predicted octanol–water partition coefficient (Wildman–Crippen LogP) is 2.06. The lowest BCUT2D eigenvalue weighted by Crippen LogP contribution is -2.32. The second-order valence-corrected chi connectivity index (χ2v) is 6.70. The maximum atomic E-state index is 13.8. The van der Waals surface area contributed by atoms with Gasteiger partial charge < -0.3 is 20.5 Å². The third kappa shape index (κ3) is 7.57. The van der Waals surface area contributed by atoms with Crippen molar-refractivity contribution in [3.05, 3.63) is 61.7 Å². The average Bonchev–Trinajstić information content (AvgIpc) is 2.57. The number of aliphatic hydroxyl groups excluding tert-OH is 1. The van der Waals surface area contributed by atoms with Crippen LogP contribution in [0.2, 0.25) is 0 Å². The van der Waals surface area contributed by atoms with Crippen molar-refractivity contribution in [1.82, 2.24) is 5.32 Å². The summed E-state index contributed by atoms with van der Waals surface area (Å²) in [5, 5.41) is 12.9. The normalized spacial score (nSPS) is 10.7. The van der Waals surface area contributed by atoms with Crippen molar-refractivity contribution in [2.45, 2.75) is 46.4 Å². The van der Waals surface area contributed by atoms with Crippen LogP contribution in [-0.4, -0.2) is 23.4 Å². The van der Waals surface area contributed by atoms with Crippen LogP contribution < -0.4 is 21.5 Å². The van der Waals surface area contributed by atoms with Crippen LogP contribution in [0.3, 0.4) is 0 Å². The predicted molar refractivity (Wildman–Crippen MR) is 101 cm³/mol. The highest BCUT2D eigenvalue weighted by atomic mass is 19.1. The third-order valence-electron chi connectivity index (χ3n) is 3.16. The lowest BCUT2D eigenvalue weighted by molar-refractivity contribution is 0.0523. The summed E-state index contributed by atoms with van der Waals surface area (Å²) in [6.07, 6.45) is -0.560. The molecule has 0 spiro atoms. The Balaban J connectivity index is 0.00000114. The summed E-state index contributed by atoms with van der Waals surface area (Å²) in [6.45, 7) is 7.46. The second kappa shape index (κ2) is 9.82. The Morgan fingerprint density at radius 1 is 1.19 bits per heavy atom. The fourth-order valence-electron chi connectivity index (χ4n) is 2.00. The molecule has 0 aliphatic carbocycles. The van der Waals surface area contributed by atoms with E-state index in [1.54, 1.807) is 39.8 Å². The van der Waals surface area contributed by atoms with Crippen LogP contribution in [0.5, 0.6) is 0 Å². The molecule has 1 amide bonds. The van der Waals surface area contributed by atoms with Gasteiger partial charge in [0, 0.05) is 31.3 Å². The van der Waals surface area contributed by atoms with E-state index in [0.29, 0.717) is 11.1 Å². The third-order valence-corrected chi connectivity index (χ3v) is 3.16. The molecule has 2 aromatic carbocycles. The summed E-state index contributed by atoms with van der Waals surface area (Å²) in [6, 6.07) is 5.58. The van der Waals surface area contributed by atoms with Gasteiger partial charge in [-0.1, -0.05) is 6.07 Å². The molecule has 0 aromatic heterocycles. The first-order valence-corrected chi connectivity index (χ1v) is 8.46. The number of anilines is 1. The van der Waals surface area contributed by atoms with Crippen LogP contribution >= 0.6 is 0 Å². The van der Waals surface area contributed by atoms with E-state index in [-0.39, 0.29) is 25.4 Å². The van der Waals surface area contributed by atoms with Gasteiger partial charge in [0.1, 0.15) is 11.4 Å². The van der Waals surface area contributed by atoms with Crippen molar-refractivity contribution < 1.29 is 19.0 Å². The van der Waals surface area contributed by atoms with Gasteiger partial charge in [0.25, 0.3) is 0 Å². The highest BCUT2D eigenvalue weighted by Gasteiger charge is 2.16. The van der Waals surface area contributed by atoms with Crippen molar-refractivity contribution in [2.75, 3.05) is 11.9 Å². The molecule has 0 aliphatic heterocycles. The van der Waals surface area contributed by atoms with Gasteiger partial charge in [0.2, 0.25) is 10.9 Å². The molecule has 27 heavy (non-hydrogen) atoms. The number of ether oxygens (including phenoxy) is 1. The van der Waals surface area contributed by atoms with E-state index in [0.717, 1.165) is 0 Å². The van der Waals surface area contributed by atoms with E-state index < -0.39 is 28.4 Å². The van der Waals surface area contributed by atoms with Crippen LogP contribution in [0.25, 0.3) is 0 Å². The molecule has 0 unspecified atom stereocenters. The van der Waals surface area contributed by atoms with Crippen LogP contribution in [0.1, 0.15) is 38.8 Å². The Kier molecular flexibility index (Phi) is 8.11. The molecule has 8 heteroatoms. The zero-order valence-electron chi connectivity index (χ0n) is 15.9. The average molecular weight is 380 g/mol. The van der Waals surface area contributed by atoms with Crippen LogP contribution in [0.4, 0.5) is 14.9 Å². The molecule has 0 radical (unpaired) electrons. The molecule has 7 nitrogen and oxygen atoms in total. The van der Waals surface area contributed by atoms with Gasteiger partial charge in [-0.15, -0.1) is 0 Å². The van der Waals surface area contributed by atoms with E-state index in [9.17, 15) is 18.8 Å². The zero-order valence-corrected chi connectivity index (χ0v) is 15.9. The van der Waals surface area contributed by atoms with Crippen molar-refractivity contribution in [2.24, 2.45) is 0 Å². The summed E-state index contributed by atoms with van der Waals surface area (Å²) in [5.41, 5.74) is -0.568. The minimum Gasteiger partial charge on any atom is -0.444 e. The number of carbonyl (C=O) groups excluding carboxylic acids is 1. The van der Waals surface area contributed by atoms with E-state index in [2.05, 4.69) is 10.6 Å². The Morgan fingerprint density at radius 2 is 1.81 bits per heavy atom. The van der Waals surface area contributed by atoms with E-state index >= 15 is 0 Å². The van der Waals surface area contributed by atoms with Crippen LogP contribution in [-0.2, 0) is 17.8 Å². The first kappa shape index (κ1) is 22.3. The van der Waals surface area contributed by atoms with Gasteiger partial charge in [0.15, 0.2) is 0 Å². The molecule has 0 bridgehead atoms. The lowest BCUT2D eigenvalue weighted by Gasteiger charge is -2.19. The summed E-state index contributed by atoms with van der Waals surface area (Å²) < 4.78 is 18.9. The van der Waals surface area contributed by atoms with Crippen LogP contribution in [0.15, 0.2) is 33.9 Å². The van der Waals surface area contributed by atoms with E-state index in [1.807, 2.05) is 0 Å². The molecule has 0 saturated heterocycles. The molecule has 3 N–H and O–H groups in total. The Hall–Kier alpha value is -2.74. The van der Waals surface area contributed by atoms with Gasteiger partial charge in [0.05, 0.1) is 5.69 Å². The largest absolute Gasteiger partial charge is 0.444 e. The quantitative estimate of drug-likeness (QED) is 0.686. The highest BCUT2D eigenvalue weighted by molar-refractivity contribution is 5.67. The van der Waals surface area contributed by atoms with Gasteiger partial charge in [-0.2, -0.15) is 0 Å². The van der Waals surface area contributed by atoms with Crippen molar-refractivity contribution >= 4 is 11.8 Å². The van der Waals surface area contributed by atoms with E-state index in [4.69, 9.17) is 9.84 Å². The number of halogens is 1. The van der Waals surface area contributed by atoms with E-state index in [1.165, 1.54) is 12.1 Å². The topological polar surface area (TPSA) is 105 Å². The van der Waals surface area contributed by atoms with Crippen molar-refractivity contribution in [1.29, 1.82) is 0 Å². The van der Waals surface area contributed by atoms with Gasteiger partial charge in [-0.3, -0.25) is 9.59 Å². The summed E-state index contributed by atoms with van der Waals surface area (Å²) in [7, 11) is 0. The smallest absolute Gasteiger partial charge is 0.407 e. The molecule has 0 heterocycles. The van der Waals surface area contributed by atoms with Crippen LogP contribution in [0, 0.1) is 5.82 Å². The second-order valence-electron chi connectivity index (χ2n) is 6.70. The summed E-state index contributed by atoms with van der Waals surface area (Å²) >= 11 is 0.